The second kappa shape index (κ2) is 17.2. The molecule has 0 radical (unpaired) electrons. The van der Waals surface area contributed by atoms with E-state index in [0.717, 1.165) is 25.7 Å². The predicted octanol–water partition coefficient (Wildman–Crippen LogP) is 3.79. The first-order valence-electron chi connectivity index (χ1n) is 8.66. The molecule has 0 aromatic carbocycles. The van der Waals surface area contributed by atoms with Crippen molar-refractivity contribution in [1.29, 1.82) is 0 Å². The van der Waals surface area contributed by atoms with Gasteiger partial charge in [-0.05, 0) is 18.8 Å². The molecule has 0 saturated carbocycles. The van der Waals surface area contributed by atoms with Gasteiger partial charge in [0, 0.05) is 0 Å². The van der Waals surface area contributed by atoms with Crippen LogP contribution >= 0.6 is 7.82 Å². The van der Waals surface area contributed by atoms with E-state index in [1.54, 1.807) is 0 Å². The summed E-state index contributed by atoms with van der Waals surface area (Å²) in [5, 5.41) is 0. The Hall–Kier alpha value is 1.37. The van der Waals surface area contributed by atoms with E-state index in [4.69, 9.17) is 0 Å². The molecule has 0 aromatic rings. The fourth-order valence-electron chi connectivity index (χ4n) is 2.58. The zero-order valence-electron chi connectivity index (χ0n) is 14.6. The maximum atomic E-state index is 10.6. The van der Waals surface area contributed by atoms with Crippen molar-refractivity contribution in [2.24, 2.45) is 5.92 Å². The number of hydrogen-bond acceptors (Lipinski definition) is 4. The minimum Gasteiger partial charge on any atom is -0.790 e. The minimum absolute atomic E-state index is 0. The normalized spacial score (nSPS) is 12.9. The van der Waals surface area contributed by atoms with E-state index in [0.29, 0.717) is 0 Å². The molecule has 1 atom stereocenters. The Balaban J connectivity index is 0. The molecular formula is C16H33CaO4P. The van der Waals surface area contributed by atoms with Crippen LogP contribution in [0.4, 0.5) is 0 Å². The Labute approximate surface area is 167 Å². The summed E-state index contributed by atoms with van der Waals surface area (Å²) in [5.74, 6) is 0.212. The minimum atomic E-state index is -4.82. The first kappa shape index (κ1) is 25.6. The Morgan fingerprint density at radius 3 is 1.68 bits per heavy atom. The summed E-state index contributed by atoms with van der Waals surface area (Å²) in [6, 6.07) is 0. The van der Waals surface area contributed by atoms with Crippen molar-refractivity contribution in [3.63, 3.8) is 0 Å². The Bertz CT molecular complexity index is 271. The van der Waals surface area contributed by atoms with Gasteiger partial charge in [0.2, 0.25) is 0 Å². The number of rotatable bonds is 15. The van der Waals surface area contributed by atoms with Crippen LogP contribution in [0.1, 0.15) is 90.9 Å². The van der Waals surface area contributed by atoms with Gasteiger partial charge in [0.25, 0.3) is 0 Å². The molecule has 0 amide bonds. The van der Waals surface area contributed by atoms with Gasteiger partial charge in [-0.25, -0.2) is 0 Å². The van der Waals surface area contributed by atoms with Crippen LogP contribution in [0.2, 0.25) is 0 Å². The molecule has 0 aliphatic heterocycles. The van der Waals surface area contributed by atoms with Crippen LogP contribution in [0.5, 0.6) is 0 Å². The molecule has 22 heavy (non-hydrogen) atoms. The molecule has 0 spiro atoms. The molecule has 128 valence electrons. The van der Waals surface area contributed by atoms with Crippen LogP contribution in [0, 0.1) is 5.92 Å². The predicted molar refractivity (Wildman–Crippen MR) is 89.6 cm³/mol. The molecule has 0 aromatic heterocycles. The molecule has 0 saturated heterocycles. The molecule has 0 N–H and O–H groups in total. The third-order valence-electron chi connectivity index (χ3n) is 3.90. The van der Waals surface area contributed by atoms with Gasteiger partial charge in [-0.1, -0.05) is 78.1 Å². The third kappa shape index (κ3) is 19.4. The van der Waals surface area contributed by atoms with E-state index in [9.17, 15) is 14.4 Å². The molecule has 0 aliphatic rings. The van der Waals surface area contributed by atoms with Crippen molar-refractivity contribution >= 4 is 45.6 Å². The topological polar surface area (TPSA) is 72.4 Å². The Morgan fingerprint density at radius 1 is 0.818 bits per heavy atom. The fourth-order valence-corrected chi connectivity index (χ4v) is 2.97. The third-order valence-corrected chi connectivity index (χ3v) is 4.37. The van der Waals surface area contributed by atoms with Gasteiger partial charge in [-0.2, -0.15) is 0 Å². The van der Waals surface area contributed by atoms with Gasteiger partial charge >= 0.3 is 37.7 Å². The van der Waals surface area contributed by atoms with Gasteiger partial charge in [0.05, 0.1) is 14.4 Å². The first-order chi connectivity index (χ1) is 9.99. The van der Waals surface area contributed by atoms with E-state index in [2.05, 4.69) is 18.4 Å². The zero-order valence-corrected chi connectivity index (χ0v) is 17.7. The largest absolute Gasteiger partial charge is 2.00 e. The molecule has 0 heterocycles. The van der Waals surface area contributed by atoms with Gasteiger partial charge in [-0.3, -0.25) is 0 Å². The van der Waals surface area contributed by atoms with Crippen LogP contribution < -0.4 is 9.79 Å². The van der Waals surface area contributed by atoms with Crippen LogP contribution in [0.15, 0.2) is 0 Å². The SMILES string of the molecule is CCCCCCCCC(CCCCCC)COP(=O)([O-])[O-].[Ca+2]. The van der Waals surface area contributed by atoms with E-state index in [-0.39, 0.29) is 50.3 Å². The van der Waals surface area contributed by atoms with Gasteiger partial charge < -0.3 is 18.9 Å². The summed E-state index contributed by atoms with van der Waals surface area (Å²) >= 11 is 0. The van der Waals surface area contributed by atoms with Crippen LogP contribution in [-0.4, -0.2) is 44.3 Å². The molecule has 1 unspecified atom stereocenters. The maximum Gasteiger partial charge on any atom is 2.00 e. The number of hydrogen-bond donors (Lipinski definition) is 0. The summed E-state index contributed by atoms with van der Waals surface area (Å²) in [7, 11) is -4.82. The molecule has 0 fully saturated rings. The van der Waals surface area contributed by atoms with E-state index < -0.39 is 7.82 Å². The fraction of sp³-hybridized carbons (Fsp3) is 1.00. The van der Waals surface area contributed by atoms with E-state index in [1.165, 1.54) is 51.4 Å². The first-order valence-corrected chi connectivity index (χ1v) is 10.1. The van der Waals surface area contributed by atoms with E-state index in [1.807, 2.05) is 0 Å². The second-order valence-corrected chi connectivity index (χ2v) is 7.17. The number of phosphoric ester groups is 1. The van der Waals surface area contributed by atoms with Crippen molar-refractivity contribution < 1.29 is 18.9 Å². The molecule has 0 bridgehead atoms. The summed E-state index contributed by atoms with van der Waals surface area (Å²) in [4.78, 5) is 21.2. The maximum absolute atomic E-state index is 10.6. The monoisotopic (exact) mass is 360 g/mol. The molecule has 0 aliphatic carbocycles. The molecule has 6 heteroatoms. The van der Waals surface area contributed by atoms with Crippen molar-refractivity contribution in [2.75, 3.05) is 6.61 Å². The molecule has 4 nitrogen and oxygen atoms in total. The van der Waals surface area contributed by atoms with Crippen molar-refractivity contribution in [1.82, 2.24) is 0 Å². The quantitative estimate of drug-likeness (QED) is 0.253. The Kier molecular flexibility index (Phi) is 20.0. The standard InChI is InChI=1S/C16H35O4P.Ca/c1-3-5-7-9-10-12-14-16(13-11-8-6-4-2)15-20-21(17,18)19;/h16H,3-15H2,1-2H3,(H2,17,18,19);/q;+2/p-2. The van der Waals surface area contributed by atoms with Gasteiger partial charge in [0.15, 0.2) is 0 Å². The van der Waals surface area contributed by atoms with E-state index >= 15 is 0 Å². The van der Waals surface area contributed by atoms with Crippen molar-refractivity contribution in [3.8, 4) is 0 Å². The van der Waals surface area contributed by atoms with Crippen LogP contribution in [-0.2, 0) is 9.09 Å². The smallest absolute Gasteiger partial charge is 0.790 e. The average molecular weight is 360 g/mol. The molecular weight excluding hydrogens is 327 g/mol. The number of phosphoric acid groups is 1. The van der Waals surface area contributed by atoms with Gasteiger partial charge in [0.1, 0.15) is 0 Å². The van der Waals surface area contributed by atoms with Gasteiger partial charge in [-0.15, -0.1) is 0 Å². The van der Waals surface area contributed by atoms with Crippen LogP contribution in [0.3, 0.4) is 0 Å². The van der Waals surface area contributed by atoms with Crippen LogP contribution in [0.25, 0.3) is 0 Å². The molecule has 0 rings (SSSR count). The summed E-state index contributed by atoms with van der Waals surface area (Å²) < 4.78 is 15.1. The summed E-state index contributed by atoms with van der Waals surface area (Å²) in [6.45, 7) is 4.45. The summed E-state index contributed by atoms with van der Waals surface area (Å²) in [6.07, 6.45) is 14.0. The van der Waals surface area contributed by atoms with Crippen molar-refractivity contribution in [2.45, 2.75) is 90.9 Å². The summed E-state index contributed by atoms with van der Waals surface area (Å²) in [5.41, 5.74) is 0. The Morgan fingerprint density at radius 2 is 1.23 bits per heavy atom. The van der Waals surface area contributed by atoms with Crippen molar-refractivity contribution in [3.05, 3.63) is 0 Å². The number of unbranched alkanes of at least 4 members (excludes halogenated alkanes) is 8. The average Bonchev–Trinajstić information content (AvgIpc) is 2.42. The second-order valence-electron chi connectivity index (χ2n) is 6.01. The zero-order chi connectivity index (χ0) is 16.0.